The average Bonchev–Trinajstić information content (AvgIpc) is 3.10. The van der Waals surface area contributed by atoms with Gasteiger partial charge in [0.25, 0.3) is 0 Å². The first-order valence-corrected chi connectivity index (χ1v) is 9.07. The number of hydrogen-bond donors (Lipinski definition) is 3. The van der Waals surface area contributed by atoms with Gasteiger partial charge >= 0.3 is 0 Å². The van der Waals surface area contributed by atoms with Crippen LogP contribution in [0.2, 0.25) is 0 Å². The molecule has 0 amide bonds. The molecule has 0 saturated carbocycles. The topological polar surface area (TPSA) is 140 Å². The predicted octanol–water partition coefficient (Wildman–Crippen LogP) is 1.81. The first-order valence-electron chi connectivity index (χ1n) is 7.52. The van der Waals surface area contributed by atoms with E-state index >= 15 is 0 Å². The van der Waals surface area contributed by atoms with Crippen LogP contribution in [0.4, 0.5) is 11.6 Å². The molecular weight excluding hydrogens is 354 g/mol. The van der Waals surface area contributed by atoms with Gasteiger partial charge in [-0.1, -0.05) is 12.1 Å². The molecule has 0 aliphatic rings. The molecule has 0 aliphatic carbocycles. The second kappa shape index (κ2) is 6.17. The summed E-state index contributed by atoms with van der Waals surface area (Å²) in [4.78, 5) is 20.0. The Kier molecular flexibility index (Phi) is 3.82. The molecule has 0 radical (unpaired) electrons. The molecule has 9 nitrogen and oxygen atoms in total. The predicted molar refractivity (Wildman–Crippen MR) is 96.0 cm³/mol. The van der Waals surface area contributed by atoms with Gasteiger partial charge in [-0.05, 0) is 30.3 Å². The number of anilines is 2. The quantitative estimate of drug-likeness (QED) is 0.499. The molecule has 0 unspecified atom stereocenters. The molecule has 0 atom stereocenters. The molecule has 0 spiro atoms. The zero-order valence-electron chi connectivity index (χ0n) is 13.3. The lowest BCUT2D eigenvalue weighted by molar-refractivity contribution is 0.598. The molecule has 2 aromatic heterocycles. The van der Waals surface area contributed by atoms with E-state index in [-0.39, 0.29) is 10.8 Å². The average molecular weight is 367 g/mol. The van der Waals surface area contributed by atoms with E-state index in [9.17, 15) is 8.42 Å². The highest BCUT2D eigenvalue weighted by Crippen LogP contribution is 2.24. The molecule has 4 rings (SSSR count). The number of benzene rings is 2. The molecule has 130 valence electrons. The number of nitrogens with two attached hydrogens (primary N) is 1. The van der Waals surface area contributed by atoms with Crippen molar-refractivity contribution in [3.63, 3.8) is 0 Å². The first-order chi connectivity index (χ1) is 12.5. The summed E-state index contributed by atoms with van der Waals surface area (Å²) in [7, 11) is -3.79. The highest BCUT2D eigenvalue weighted by molar-refractivity contribution is 7.89. The molecule has 0 saturated heterocycles. The SMILES string of the molecule is NS(=O)(=O)c1cccc(Nc2ncnc(-c3cccc4[nH]cnc34)n2)c1. The maximum absolute atomic E-state index is 11.5. The van der Waals surface area contributed by atoms with Crippen LogP contribution in [0.5, 0.6) is 0 Å². The lowest BCUT2D eigenvalue weighted by atomic mass is 10.2. The van der Waals surface area contributed by atoms with Crippen LogP contribution in [0.1, 0.15) is 0 Å². The summed E-state index contributed by atoms with van der Waals surface area (Å²) in [6.07, 6.45) is 2.98. The highest BCUT2D eigenvalue weighted by Gasteiger charge is 2.11. The van der Waals surface area contributed by atoms with Crippen molar-refractivity contribution in [3.05, 3.63) is 55.1 Å². The molecule has 0 aliphatic heterocycles. The number of hydrogen-bond acceptors (Lipinski definition) is 7. The van der Waals surface area contributed by atoms with Crippen molar-refractivity contribution in [3.8, 4) is 11.4 Å². The summed E-state index contributed by atoms with van der Waals surface area (Å²) in [5.74, 6) is 0.719. The Labute approximate surface area is 148 Å². The molecule has 0 bridgehead atoms. The summed E-state index contributed by atoms with van der Waals surface area (Å²) in [5, 5.41) is 8.11. The maximum Gasteiger partial charge on any atom is 0.238 e. The summed E-state index contributed by atoms with van der Waals surface area (Å²) >= 11 is 0. The van der Waals surface area contributed by atoms with Crippen molar-refractivity contribution >= 4 is 32.7 Å². The van der Waals surface area contributed by atoms with Crippen molar-refractivity contribution in [1.82, 2.24) is 24.9 Å². The minimum absolute atomic E-state index is 0.00179. The van der Waals surface area contributed by atoms with Gasteiger partial charge in [-0.2, -0.15) is 4.98 Å². The Morgan fingerprint density at radius 3 is 2.73 bits per heavy atom. The lowest BCUT2D eigenvalue weighted by Gasteiger charge is -2.07. The highest BCUT2D eigenvalue weighted by atomic mass is 32.2. The maximum atomic E-state index is 11.5. The van der Waals surface area contributed by atoms with Crippen molar-refractivity contribution in [2.24, 2.45) is 5.14 Å². The Balaban J connectivity index is 1.70. The third kappa shape index (κ3) is 3.10. The van der Waals surface area contributed by atoms with Gasteiger partial charge < -0.3 is 10.3 Å². The van der Waals surface area contributed by atoms with E-state index in [0.29, 0.717) is 11.5 Å². The summed E-state index contributed by atoms with van der Waals surface area (Å²) < 4.78 is 22.9. The lowest BCUT2D eigenvalue weighted by Crippen LogP contribution is -2.12. The zero-order chi connectivity index (χ0) is 18.1. The number of aromatic nitrogens is 5. The summed E-state index contributed by atoms with van der Waals surface area (Å²) in [6.45, 7) is 0. The molecule has 4 aromatic rings. The van der Waals surface area contributed by atoms with E-state index in [1.54, 1.807) is 18.5 Å². The largest absolute Gasteiger partial charge is 0.345 e. The number of sulfonamides is 1. The number of aromatic amines is 1. The van der Waals surface area contributed by atoms with E-state index in [1.165, 1.54) is 18.5 Å². The van der Waals surface area contributed by atoms with Gasteiger partial charge in [0.15, 0.2) is 5.82 Å². The number of H-pyrrole nitrogens is 1. The van der Waals surface area contributed by atoms with E-state index in [0.717, 1.165) is 16.6 Å². The van der Waals surface area contributed by atoms with Crippen molar-refractivity contribution in [2.75, 3.05) is 5.32 Å². The molecule has 2 aromatic carbocycles. The number of rotatable bonds is 4. The number of nitrogens with zero attached hydrogens (tertiary/aromatic N) is 4. The van der Waals surface area contributed by atoms with Crippen molar-refractivity contribution < 1.29 is 8.42 Å². The number of nitrogens with one attached hydrogen (secondary N) is 2. The van der Waals surface area contributed by atoms with Gasteiger partial charge in [0.1, 0.15) is 6.33 Å². The Hall–Kier alpha value is -3.37. The van der Waals surface area contributed by atoms with E-state index in [4.69, 9.17) is 5.14 Å². The van der Waals surface area contributed by atoms with Crippen molar-refractivity contribution in [1.29, 1.82) is 0 Å². The van der Waals surface area contributed by atoms with Crippen LogP contribution < -0.4 is 10.5 Å². The molecule has 4 N–H and O–H groups in total. The Morgan fingerprint density at radius 1 is 1.04 bits per heavy atom. The third-order valence-electron chi connectivity index (χ3n) is 3.68. The number of fused-ring (bicyclic) bond motifs is 1. The van der Waals surface area contributed by atoms with Crippen molar-refractivity contribution in [2.45, 2.75) is 4.90 Å². The van der Waals surface area contributed by atoms with Crippen LogP contribution in [-0.4, -0.2) is 33.3 Å². The van der Waals surface area contributed by atoms with Crippen LogP contribution in [-0.2, 0) is 10.0 Å². The smallest absolute Gasteiger partial charge is 0.238 e. The van der Waals surface area contributed by atoms with Crippen LogP contribution in [0, 0.1) is 0 Å². The van der Waals surface area contributed by atoms with Gasteiger partial charge in [0, 0.05) is 11.3 Å². The Bertz CT molecular complexity index is 1200. The van der Waals surface area contributed by atoms with Crippen LogP contribution in [0.3, 0.4) is 0 Å². The van der Waals surface area contributed by atoms with Gasteiger partial charge in [0.05, 0.1) is 22.3 Å². The minimum atomic E-state index is -3.79. The second-order valence-corrected chi connectivity index (χ2v) is 7.00. The fourth-order valence-electron chi connectivity index (χ4n) is 2.51. The number of para-hydroxylation sites is 1. The molecule has 26 heavy (non-hydrogen) atoms. The number of imidazole rings is 1. The third-order valence-corrected chi connectivity index (χ3v) is 4.59. The summed E-state index contributed by atoms with van der Waals surface area (Å²) in [5.41, 5.74) is 2.87. The minimum Gasteiger partial charge on any atom is -0.345 e. The summed E-state index contributed by atoms with van der Waals surface area (Å²) in [6, 6.07) is 11.7. The van der Waals surface area contributed by atoms with E-state index < -0.39 is 10.0 Å². The van der Waals surface area contributed by atoms with Gasteiger partial charge in [-0.25, -0.2) is 28.5 Å². The monoisotopic (exact) mass is 367 g/mol. The molecule has 10 heteroatoms. The fourth-order valence-corrected chi connectivity index (χ4v) is 3.07. The zero-order valence-corrected chi connectivity index (χ0v) is 14.1. The fraction of sp³-hybridized carbons (Fsp3) is 0. The van der Waals surface area contributed by atoms with Gasteiger partial charge in [-0.3, -0.25) is 0 Å². The Morgan fingerprint density at radius 2 is 1.88 bits per heavy atom. The van der Waals surface area contributed by atoms with Gasteiger partial charge in [-0.15, -0.1) is 0 Å². The normalized spacial score (nSPS) is 11.6. The molecular formula is C16H13N7O2S. The molecule has 0 fully saturated rings. The standard InChI is InChI=1S/C16H13N7O2S/c17-26(24,25)11-4-1-3-10(7-11)22-16-21-9-20-15(23-16)12-5-2-6-13-14(12)19-8-18-13/h1-9H,(H,18,19)(H2,17,24,25)(H,20,21,22,23). The van der Waals surface area contributed by atoms with E-state index in [1.807, 2.05) is 18.2 Å². The van der Waals surface area contributed by atoms with Gasteiger partial charge in [0.2, 0.25) is 16.0 Å². The van der Waals surface area contributed by atoms with Crippen LogP contribution in [0.25, 0.3) is 22.4 Å². The van der Waals surface area contributed by atoms with Crippen LogP contribution in [0.15, 0.2) is 60.0 Å². The van der Waals surface area contributed by atoms with Crippen LogP contribution >= 0.6 is 0 Å². The number of primary sulfonamides is 1. The first kappa shape index (κ1) is 16.1. The molecule has 2 heterocycles. The van der Waals surface area contributed by atoms with E-state index in [2.05, 4.69) is 30.2 Å². The second-order valence-electron chi connectivity index (χ2n) is 5.43.